The molecule has 2 heterocycles. The fraction of sp³-hybridized carbons (Fsp3) is 0.100. The topological polar surface area (TPSA) is 111 Å². The lowest BCUT2D eigenvalue weighted by Gasteiger charge is -2.18. The van der Waals surface area contributed by atoms with Gasteiger partial charge in [-0.3, -0.25) is 4.79 Å². The molecule has 1 aromatic heterocycles. The quantitative estimate of drug-likeness (QED) is 0.522. The smallest absolute Gasteiger partial charge is 0.356 e. The van der Waals surface area contributed by atoms with Crippen LogP contribution in [0.4, 0.5) is 0 Å². The molecule has 0 spiro atoms. The van der Waals surface area contributed by atoms with Crippen LogP contribution in [0.5, 0.6) is 0 Å². The maximum atomic E-state index is 12.2. The fourth-order valence-corrected chi connectivity index (χ4v) is 4.22. The summed E-state index contributed by atoms with van der Waals surface area (Å²) in [6.07, 6.45) is 0. The maximum Gasteiger partial charge on any atom is 0.356 e. The minimum Gasteiger partial charge on any atom is -0.476 e. The van der Waals surface area contributed by atoms with Gasteiger partial charge in [0.1, 0.15) is 5.84 Å². The van der Waals surface area contributed by atoms with E-state index < -0.39 is 11.9 Å². The number of amidine groups is 1. The minimum absolute atomic E-state index is 0.0181. The van der Waals surface area contributed by atoms with Crippen LogP contribution in [0.15, 0.2) is 58.4 Å². The van der Waals surface area contributed by atoms with Crippen molar-refractivity contribution in [3.8, 4) is 16.9 Å². The van der Waals surface area contributed by atoms with Gasteiger partial charge in [-0.2, -0.15) is 10.1 Å². The Hall–Kier alpha value is -3.39. The summed E-state index contributed by atoms with van der Waals surface area (Å²) in [6.45, 7) is 1.54. The molecule has 7 nitrogen and oxygen atoms in total. The molecule has 0 atom stereocenters. The van der Waals surface area contributed by atoms with Crippen molar-refractivity contribution < 1.29 is 14.7 Å². The molecule has 1 aliphatic heterocycles. The number of nitrogens with zero attached hydrogens (tertiary/aromatic N) is 3. The summed E-state index contributed by atoms with van der Waals surface area (Å²) in [4.78, 5) is 28.8. The molecular weight excluding hydrogens is 376 g/mol. The van der Waals surface area contributed by atoms with Gasteiger partial charge in [0.15, 0.2) is 5.69 Å². The summed E-state index contributed by atoms with van der Waals surface area (Å²) in [7, 11) is 0. The van der Waals surface area contributed by atoms with E-state index in [1.807, 2.05) is 24.3 Å². The van der Waals surface area contributed by atoms with Gasteiger partial charge in [-0.05, 0) is 31.2 Å². The lowest BCUT2D eigenvalue weighted by atomic mass is 10.1. The Morgan fingerprint density at radius 3 is 2.75 bits per heavy atom. The van der Waals surface area contributed by atoms with Crippen LogP contribution in [-0.2, 0) is 5.75 Å². The van der Waals surface area contributed by atoms with Gasteiger partial charge in [-0.15, -0.1) is 11.8 Å². The molecule has 0 aliphatic carbocycles. The number of carboxylic acid groups (broad SMARTS) is 1. The number of carbonyl (C=O) groups is 2. The Morgan fingerprint density at radius 2 is 2.00 bits per heavy atom. The number of aromatic nitrogens is 2. The molecule has 0 unspecified atom stereocenters. The molecular formula is C20H16N4O3S. The van der Waals surface area contributed by atoms with E-state index in [2.05, 4.69) is 10.1 Å². The molecule has 0 fully saturated rings. The van der Waals surface area contributed by atoms with Crippen LogP contribution in [0.2, 0.25) is 0 Å². The van der Waals surface area contributed by atoms with E-state index in [1.54, 1.807) is 47.6 Å². The molecule has 28 heavy (non-hydrogen) atoms. The first kappa shape index (κ1) is 18.0. The van der Waals surface area contributed by atoms with E-state index >= 15 is 0 Å². The molecule has 0 radical (unpaired) electrons. The molecule has 140 valence electrons. The molecule has 3 N–H and O–H groups in total. The Labute approximate surface area is 164 Å². The number of nitrogens with two attached hydrogens (primary N) is 1. The van der Waals surface area contributed by atoms with E-state index in [1.165, 1.54) is 0 Å². The maximum absolute atomic E-state index is 12.2. The van der Waals surface area contributed by atoms with Gasteiger partial charge in [0, 0.05) is 27.3 Å². The Balaban J connectivity index is 1.92. The first-order valence-corrected chi connectivity index (χ1v) is 9.47. The number of fused-ring (bicyclic) bond motifs is 3. The zero-order valence-corrected chi connectivity index (χ0v) is 15.7. The third-order valence-corrected chi connectivity index (χ3v) is 5.42. The summed E-state index contributed by atoms with van der Waals surface area (Å²) in [5.41, 5.74) is 8.78. The number of aliphatic imine (C=N–C) groups is 1. The number of carbonyl (C=O) groups excluding carboxylic acids is 1. The van der Waals surface area contributed by atoms with Crippen LogP contribution < -0.4 is 5.73 Å². The van der Waals surface area contributed by atoms with E-state index in [9.17, 15) is 14.7 Å². The second-order valence-corrected chi connectivity index (χ2v) is 7.30. The molecule has 0 saturated carbocycles. The van der Waals surface area contributed by atoms with Gasteiger partial charge in [0.2, 0.25) is 0 Å². The molecule has 1 aliphatic rings. The van der Waals surface area contributed by atoms with Crippen molar-refractivity contribution in [3.63, 3.8) is 0 Å². The van der Waals surface area contributed by atoms with Crippen LogP contribution in [0.25, 0.3) is 16.9 Å². The first-order valence-electron chi connectivity index (χ1n) is 8.48. The number of hydrogen-bond donors (Lipinski definition) is 2. The number of aromatic carboxylic acids is 1. The predicted molar refractivity (Wildman–Crippen MR) is 107 cm³/mol. The van der Waals surface area contributed by atoms with Crippen molar-refractivity contribution >= 4 is 29.5 Å². The summed E-state index contributed by atoms with van der Waals surface area (Å²) in [6, 6.07) is 14.6. The van der Waals surface area contributed by atoms with Crippen LogP contribution >= 0.6 is 11.8 Å². The van der Waals surface area contributed by atoms with Gasteiger partial charge < -0.3 is 10.8 Å². The molecule has 3 aromatic rings. The van der Waals surface area contributed by atoms with E-state index in [0.717, 1.165) is 16.2 Å². The van der Waals surface area contributed by atoms with E-state index in [-0.39, 0.29) is 11.5 Å². The lowest BCUT2D eigenvalue weighted by molar-refractivity contribution is 0.0689. The highest BCUT2D eigenvalue weighted by Gasteiger charge is 2.29. The largest absolute Gasteiger partial charge is 0.476 e. The van der Waals surface area contributed by atoms with Crippen molar-refractivity contribution in [2.75, 3.05) is 0 Å². The van der Waals surface area contributed by atoms with Crippen LogP contribution in [-0.4, -0.2) is 32.6 Å². The van der Waals surface area contributed by atoms with Gasteiger partial charge in [-0.1, -0.05) is 24.3 Å². The highest BCUT2D eigenvalue weighted by molar-refractivity contribution is 7.98. The van der Waals surface area contributed by atoms with Gasteiger partial charge in [0.05, 0.1) is 11.4 Å². The summed E-state index contributed by atoms with van der Waals surface area (Å²) in [5, 5.41) is 14.0. The Kier molecular flexibility index (Phi) is 4.48. The van der Waals surface area contributed by atoms with E-state index in [0.29, 0.717) is 22.6 Å². The van der Waals surface area contributed by atoms with Crippen molar-refractivity contribution in [1.29, 1.82) is 0 Å². The number of carboxylic acids is 1. The summed E-state index contributed by atoms with van der Waals surface area (Å²) < 4.78 is 1.59. The average molecular weight is 392 g/mol. The number of rotatable bonds is 3. The van der Waals surface area contributed by atoms with Gasteiger partial charge >= 0.3 is 5.97 Å². The van der Waals surface area contributed by atoms with Crippen LogP contribution in [0, 0.1) is 0 Å². The first-order chi connectivity index (χ1) is 13.5. The minimum atomic E-state index is -1.08. The Bertz CT molecular complexity index is 1150. The highest BCUT2D eigenvalue weighted by atomic mass is 32.2. The SMILES string of the molecule is CC(N)=NC(=O)c1cccc(-n2nc(C(=O)O)c3c2-c2ccccc2SC3)c1. The second-order valence-electron chi connectivity index (χ2n) is 6.29. The predicted octanol–water partition coefficient (Wildman–Crippen LogP) is 3.36. The summed E-state index contributed by atoms with van der Waals surface area (Å²) in [5.74, 6) is -0.850. The number of thioether (sulfide) groups is 1. The third kappa shape index (κ3) is 3.07. The highest BCUT2D eigenvalue weighted by Crippen LogP contribution is 2.43. The molecule has 0 bridgehead atoms. The van der Waals surface area contributed by atoms with Gasteiger partial charge in [-0.25, -0.2) is 9.48 Å². The third-order valence-electron chi connectivity index (χ3n) is 4.32. The average Bonchev–Trinajstić information content (AvgIpc) is 3.08. The van der Waals surface area contributed by atoms with Crippen molar-refractivity contribution in [2.45, 2.75) is 17.6 Å². The zero-order chi connectivity index (χ0) is 19.8. The van der Waals surface area contributed by atoms with Crippen molar-refractivity contribution in [2.24, 2.45) is 10.7 Å². The van der Waals surface area contributed by atoms with E-state index in [4.69, 9.17) is 5.73 Å². The summed E-state index contributed by atoms with van der Waals surface area (Å²) >= 11 is 1.58. The molecule has 0 saturated heterocycles. The Morgan fingerprint density at radius 1 is 1.21 bits per heavy atom. The van der Waals surface area contributed by atoms with Crippen LogP contribution in [0.3, 0.4) is 0 Å². The number of amides is 1. The molecule has 2 aromatic carbocycles. The second kappa shape index (κ2) is 6.97. The monoisotopic (exact) mass is 392 g/mol. The molecule has 1 amide bonds. The fourth-order valence-electron chi connectivity index (χ4n) is 3.16. The zero-order valence-electron chi connectivity index (χ0n) is 14.9. The standard InChI is InChI=1S/C20H16N4O3S/c1-11(21)22-19(25)12-5-4-6-13(9-12)24-18-14-7-2-3-8-16(14)28-10-15(18)17(23-24)20(26)27/h2-9H,10H2,1H3,(H,26,27)(H2,21,22,25). The van der Waals surface area contributed by atoms with Crippen molar-refractivity contribution in [1.82, 2.24) is 9.78 Å². The number of hydrogen-bond acceptors (Lipinski definition) is 4. The van der Waals surface area contributed by atoms with Gasteiger partial charge in [0.25, 0.3) is 5.91 Å². The molecule has 8 heteroatoms. The number of benzene rings is 2. The van der Waals surface area contributed by atoms with Crippen LogP contribution in [0.1, 0.15) is 33.3 Å². The van der Waals surface area contributed by atoms with Crippen molar-refractivity contribution in [3.05, 3.63) is 65.4 Å². The lowest BCUT2D eigenvalue weighted by Crippen LogP contribution is -2.10. The normalized spacial score (nSPS) is 13.0. The molecule has 4 rings (SSSR count).